The number of anilines is 1. The number of nitrogens with one attached hydrogen (secondary N) is 1. The van der Waals surface area contributed by atoms with E-state index < -0.39 is 0 Å². The van der Waals surface area contributed by atoms with Crippen LogP contribution in [0.4, 0.5) is 5.69 Å². The number of aromatic nitrogens is 4. The first-order valence-electron chi connectivity index (χ1n) is 6.17. The lowest BCUT2D eigenvalue weighted by molar-refractivity contribution is 0.102. The first-order valence-corrected chi connectivity index (χ1v) is 6.99. The van der Waals surface area contributed by atoms with Crippen LogP contribution < -0.4 is 14.8 Å². The van der Waals surface area contributed by atoms with Crippen LogP contribution in [0.5, 0.6) is 11.5 Å². The molecule has 3 heterocycles. The second kappa shape index (κ2) is 4.70. The van der Waals surface area contributed by atoms with E-state index in [2.05, 4.69) is 20.6 Å². The van der Waals surface area contributed by atoms with Gasteiger partial charge in [-0.2, -0.15) is 4.52 Å². The highest BCUT2D eigenvalue weighted by Crippen LogP contribution is 2.32. The Bertz CT molecular complexity index is 799. The number of amides is 1. The summed E-state index contributed by atoms with van der Waals surface area (Å²) in [7, 11) is 0. The largest absolute Gasteiger partial charge is 0.486 e. The molecular formula is C12H9N5O3S. The Labute approximate surface area is 122 Å². The van der Waals surface area contributed by atoms with Crippen LogP contribution in [-0.2, 0) is 0 Å². The normalized spacial score (nSPS) is 13.3. The third-order valence-electron chi connectivity index (χ3n) is 2.88. The third-order valence-corrected chi connectivity index (χ3v) is 3.79. The molecule has 2 aromatic heterocycles. The molecule has 0 fully saturated rings. The molecular weight excluding hydrogens is 294 g/mol. The molecule has 1 aliphatic rings. The molecule has 0 atom stereocenters. The van der Waals surface area contributed by atoms with E-state index in [1.54, 1.807) is 18.2 Å². The van der Waals surface area contributed by atoms with E-state index >= 15 is 0 Å². The molecule has 8 nitrogen and oxygen atoms in total. The van der Waals surface area contributed by atoms with Gasteiger partial charge in [-0.3, -0.25) is 4.79 Å². The predicted molar refractivity (Wildman–Crippen MR) is 74.0 cm³/mol. The molecule has 0 aliphatic carbocycles. The number of carbonyl (C=O) groups is 1. The van der Waals surface area contributed by atoms with Gasteiger partial charge in [0.25, 0.3) is 5.91 Å². The quantitative estimate of drug-likeness (QED) is 0.765. The van der Waals surface area contributed by atoms with Crippen molar-refractivity contribution in [1.82, 2.24) is 19.8 Å². The van der Waals surface area contributed by atoms with E-state index in [1.165, 1.54) is 22.2 Å². The molecule has 9 heteroatoms. The Kier molecular flexibility index (Phi) is 2.71. The molecule has 4 rings (SSSR count). The van der Waals surface area contributed by atoms with Crippen molar-refractivity contribution in [3.05, 3.63) is 29.5 Å². The standard InChI is InChI=1S/C12H9N5O3S/c18-10(11-16-17-6-13-15-12(17)21-11)14-7-1-2-8-9(5-7)20-4-3-19-8/h1-2,5-6H,3-4H2,(H,14,18). The lowest BCUT2D eigenvalue weighted by atomic mass is 10.2. The van der Waals surface area contributed by atoms with E-state index in [9.17, 15) is 4.79 Å². The maximum atomic E-state index is 12.2. The van der Waals surface area contributed by atoms with Gasteiger partial charge in [-0.25, -0.2) is 0 Å². The van der Waals surface area contributed by atoms with E-state index in [1.807, 2.05) is 0 Å². The van der Waals surface area contributed by atoms with Crippen LogP contribution in [0.3, 0.4) is 0 Å². The van der Waals surface area contributed by atoms with Crippen LogP contribution in [0, 0.1) is 0 Å². The second-order valence-electron chi connectivity index (χ2n) is 4.28. The van der Waals surface area contributed by atoms with E-state index in [0.29, 0.717) is 40.4 Å². The lowest BCUT2D eigenvalue weighted by Gasteiger charge is -2.18. The van der Waals surface area contributed by atoms with Gasteiger partial charge in [0.15, 0.2) is 11.5 Å². The topological polar surface area (TPSA) is 90.6 Å². The van der Waals surface area contributed by atoms with Gasteiger partial charge >= 0.3 is 0 Å². The van der Waals surface area contributed by atoms with E-state index in [0.717, 1.165) is 0 Å². The fourth-order valence-corrected chi connectivity index (χ4v) is 2.67. The number of carbonyl (C=O) groups excluding carboxylic acids is 1. The molecule has 1 aromatic carbocycles. The highest BCUT2D eigenvalue weighted by Gasteiger charge is 2.16. The van der Waals surface area contributed by atoms with Crippen LogP contribution in [0.25, 0.3) is 4.96 Å². The number of hydrogen-bond acceptors (Lipinski definition) is 7. The summed E-state index contributed by atoms with van der Waals surface area (Å²) >= 11 is 1.17. The number of nitrogens with zero attached hydrogens (tertiary/aromatic N) is 4. The molecule has 0 saturated heterocycles. The van der Waals surface area contributed by atoms with E-state index in [-0.39, 0.29) is 5.91 Å². The number of ether oxygens (including phenoxy) is 2. The zero-order valence-electron chi connectivity index (χ0n) is 10.6. The van der Waals surface area contributed by atoms with Crippen molar-refractivity contribution in [2.75, 3.05) is 18.5 Å². The highest BCUT2D eigenvalue weighted by atomic mass is 32.1. The second-order valence-corrected chi connectivity index (χ2v) is 5.23. The Morgan fingerprint density at radius 1 is 1.29 bits per heavy atom. The monoisotopic (exact) mass is 303 g/mol. The zero-order chi connectivity index (χ0) is 14.2. The van der Waals surface area contributed by atoms with Crippen LogP contribution >= 0.6 is 11.3 Å². The van der Waals surface area contributed by atoms with Crippen LogP contribution in [-0.4, -0.2) is 38.9 Å². The SMILES string of the molecule is O=C(Nc1ccc2c(c1)OCCO2)c1nn2cnnc2s1. The molecule has 0 radical (unpaired) electrons. The van der Waals surface area contributed by atoms with Gasteiger partial charge in [-0.05, 0) is 12.1 Å². The van der Waals surface area contributed by atoms with Gasteiger partial charge in [0.1, 0.15) is 19.5 Å². The average Bonchev–Trinajstić information content (AvgIpc) is 3.08. The third kappa shape index (κ3) is 2.17. The molecule has 0 unspecified atom stereocenters. The summed E-state index contributed by atoms with van der Waals surface area (Å²) in [5, 5.41) is 14.7. The molecule has 21 heavy (non-hydrogen) atoms. The van der Waals surface area contributed by atoms with Gasteiger partial charge < -0.3 is 14.8 Å². The average molecular weight is 303 g/mol. The van der Waals surface area contributed by atoms with Crippen LogP contribution in [0.2, 0.25) is 0 Å². The van der Waals surface area contributed by atoms with Gasteiger partial charge in [0, 0.05) is 11.8 Å². The van der Waals surface area contributed by atoms with Crippen molar-refractivity contribution in [2.45, 2.75) is 0 Å². The molecule has 0 bridgehead atoms. The minimum Gasteiger partial charge on any atom is -0.486 e. The van der Waals surface area contributed by atoms with Gasteiger partial charge in [-0.15, -0.1) is 15.3 Å². The summed E-state index contributed by atoms with van der Waals surface area (Å²) in [4.78, 5) is 12.7. The number of rotatable bonds is 2. The summed E-state index contributed by atoms with van der Waals surface area (Å²) < 4.78 is 12.4. The molecule has 1 aliphatic heterocycles. The number of hydrogen-bond donors (Lipinski definition) is 1. The van der Waals surface area contributed by atoms with Crippen molar-refractivity contribution < 1.29 is 14.3 Å². The van der Waals surface area contributed by atoms with Crippen molar-refractivity contribution in [1.29, 1.82) is 0 Å². The molecule has 0 saturated carbocycles. The fraction of sp³-hybridized carbons (Fsp3) is 0.167. The first kappa shape index (κ1) is 12.1. The maximum absolute atomic E-state index is 12.2. The van der Waals surface area contributed by atoms with Crippen LogP contribution in [0.15, 0.2) is 24.5 Å². The Morgan fingerprint density at radius 3 is 3.00 bits per heavy atom. The summed E-state index contributed by atoms with van der Waals surface area (Å²) in [6.45, 7) is 1.03. The van der Waals surface area contributed by atoms with Gasteiger partial charge in [0.2, 0.25) is 9.97 Å². The van der Waals surface area contributed by atoms with Gasteiger partial charge in [-0.1, -0.05) is 11.3 Å². The summed E-state index contributed by atoms with van der Waals surface area (Å²) in [6.07, 6.45) is 1.45. The van der Waals surface area contributed by atoms with Crippen molar-refractivity contribution in [3.8, 4) is 11.5 Å². The lowest BCUT2D eigenvalue weighted by Crippen LogP contribution is -2.16. The van der Waals surface area contributed by atoms with Crippen molar-refractivity contribution in [3.63, 3.8) is 0 Å². The minimum atomic E-state index is -0.304. The van der Waals surface area contributed by atoms with Crippen molar-refractivity contribution >= 4 is 27.9 Å². The number of fused-ring (bicyclic) bond motifs is 2. The van der Waals surface area contributed by atoms with E-state index in [4.69, 9.17) is 9.47 Å². The summed E-state index contributed by atoms with van der Waals surface area (Å²) in [6, 6.07) is 5.25. The molecule has 106 valence electrons. The minimum absolute atomic E-state index is 0.304. The van der Waals surface area contributed by atoms with Gasteiger partial charge in [0.05, 0.1) is 0 Å². The first-order chi connectivity index (χ1) is 10.3. The van der Waals surface area contributed by atoms with Crippen LogP contribution in [0.1, 0.15) is 9.80 Å². The Balaban J connectivity index is 1.57. The molecule has 1 N–H and O–H groups in total. The Hall–Kier alpha value is -2.68. The Morgan fingerprint density at radius 2 is 2.14 bits per heavy atom. The summed E-state index contributed by atoms with van der Waals surface area (Å²) in [5.74, 6) is 0.998. The maximum Gasteiger partial charge on any atom is 0.286 e. The fourth-order valence-electron chi connectivity index (χ4n) is 1.96. The molecule has 0 spiro atoms. The summed E-state index contributed by atoms with van der Waals surface area (Å²) in [5.41, 5.74) is 0.621. The smallest absolute Gasteiger partial charge is 0.286 e. The molecule has 1 amide bonds. The zero-order valence-corrected chi connectivity index (χ0v) is 11.5. The molecule has 3 aromatic rings. The number of benzene rings is 1. The highest BCUT2D eigenvalue weighted by molar-refractivity contribution is 7.18. The van der Waals surface area contributed by atoms with Crippen molar-refractivity contribution in [2.24, 2.45) is 0 Å². The predicted octanol–water partition coefficient (Wildman–Crippen LogP) is 1.21.